The monoisotopic (exact) mass is 526 g/mol. The third kappa shape index (κ3) is 4.88. The molecule has 0 bridgehead atoms. The van der Waals surface area contributed by atoms with Crippen LogP contribution >= 0.6 is 11.3 Å². The van der Waals surface area contributed by atoms with Crippen molar-refractivity contribution in [3.63, 3.8) is 0 Å². The summed E-state index contributed by atoms with van der Waals surface area (Å²) in [5.41, 5.74) is 4.02. The van der Waals surface area contributed by atoms with Gasteiger partial charge in [-0.3, -0.25) is 4.79 Å². The fourth-order valence-corrected chi connectivity index (χ4v) is 7.84. The molecule has 192 valence electrons. The fourth-order valence-electron chi connectivity index (χ4n) is 5.36. The molecule has 36 heavy (non-hydrogen) atoms. The Bertz CT molecular complexity index is 1350. The second-order valence-corrected chi connectivity index (χ2v) is 13.0. The first-order valence-corrected chi connectivity index (χ1v) is 15.0. The number of fused-ring (bicyclic) bond motifs is 1. The Labute approximate surface area is 217 Å². The number of aryl methyl sites for hydroxylation is 2. The second kappa shape index (κ2) is 10.1. The molecule has 0 unspecified atom stereocenters. The number of sulfonamides is 1. The highest BCUT2D eigenvalue weighted by molar-refractivity contribution is 7.89. The molecule has 0 spiro atoms. The number of rotatable bonds is 5. The summed E-state index contributed by atoms with van der Waals surface area (Å²) in [5, 5.41) is 1.00. The topological polar surface area (TPSA) is 73.8 Å². The van der Waals surface area contributed by atoms with Gasteiger partial charge in [-0.1, -0.05) is 36.7 Å². The largest absolute Gasteiger partial charge is 0.345 e. The highest BCUT2D eigenvalue weighted by Crippen LogP contribution is 2.33. The number of carbonyl (C=O) groups is 1. The number of thiazole rings is 1. The summed E-state index contributed by atoms with van der Waals surface area (Å²) in [5.74, 6) is -0.0602. The van der Waals surface area contributed by atoms with Crippen molar-refractivity contribution in [3.05, 3.63) is 53.1 Å². The smallest absolute Gasteiger partial charge is 0.253 e. The summed E-state index contributed by atoms with van der Waals surface area (Å²) >= 11 is 1.71. The molecule has 1 aliphatic carbocycles. The van der Waals surface area contributed by atoms with Gasteiger partial charge in [-0.15, -0.1) is 0 Å². The Morgan fingerprint density at radius 2 is 1.67 bits per heavy atom. The van der Waals surface area contributed by atoms with Crippen LogP contribution in [0.15, 0.2) is 41.3 Å². The van der Waals surface area contributed by atoms with Crippen LogP contribution in [-0.2, 0) is 10.0 Å². The molecule has 1 aromatic heterocycles. The zero-order valence-corrected chi connectivity index (χ0v) is 22.9. The maximum absolute atomic E-state index is 13.1. The minimum Gasteiger partial charge on any atom is -0.345 e. The lowest BCUT2D eigenvalue weighted by atomic mass is 9.96. The van der Waals surface area contributed by atoms with Gasteiger partial charge in [0.05, 0.1) is 15.1 Å². The molecule has 1 aliphatic heterocycles. The van der Waals surface area contributed by atoms with Gasteiger partial charge in [0.1, 0.15) is 0 Å². The van der Waals surface area contributed by atoms with Crippen LogP contribution in [0.25, 0.3) is 10.2 Å². The Kier molecular flexibility index (Phi) is 7.07. The van der Waals surface area contributed by atoms with Crippen LogP contribution in [0.2, 0.25) is 0 Å². The van der Waals surface area contributed by atoms with Crippen LogP contribution in [0.4, 0.5) is 5.13 Å². The van der Waals surface area contributed by atoms with Gasteiger partial charge in [0, 0.05) is 44.8 Å². The number of benzene rings is 2. The van der Waals surface area contributed by atoms with Crippen molar-refractivity contribution in [3.8, 4) is 0 Å². The van der Waals surface area contributed by atoms with Crippen molar-refractivity contribution < 1.29 is 13.2 Å². The first kappa shape index (κ1) is 25.2. The predicted molar refractivity (Wildman–Crippen MR) is 145 cm³/mol. The third-order valence-electron chi connectivity index (χ3n) is 7.51. The first-order chi connectivity index (χ1) is 17.2. The molecule has 0 radical (unpaired) electrons. The summed E-state index contributed by atoms with van der Waals surface area (Å²) in [6, 6.07) is 10.8. The Morgan fingerprint density at radius 3 is 2.33 bits per heavy atom. The normalized spacial score (nSPS) is 17.8. The van der Waals surface area contributed by atoms with E-state index in [1.165, 1.54) is 26.6 Å². The minimum absolute atomic E-state index is 0.0599. The van der Waals surface area contributed by atoms with Gasteiger partial charge in [0.2, 0.25) is 10.0 Å². The molecule has 5 rings (SSSR count). The van der Waals surface area contributed by atoms with E-state index in [4.69, 9.17) is 4.98 Å². The van der Waals surface area contributed by atoms with E-state index in [0.29, 0.717) is 18.7 Å². The first-order valence-electron chi connectivity index (χ1n) is 12.7. The molecule has 9 heteroatoms. The third-order valence-corrected chi connectivity index (χ3v) is 10.7. The quantitative estimate of drug-likeness (QED) is 0.476. The maximum Gasteiger partial charge on any atom is 0.253 e. The predicted octanol–water partition coefficient (Wildman–Crippen LogP) is 4.83. The molecule has 0 atom stereocenters. The van der Waals surface area contributed by atoms with E-state index in [1.54, 1.807) is 42.6 Å². The molecule has 1 amide bonds. The van der Waals surface area contributed by atoms with Crippen molar-refractivity contribution in [2.45, 2.75) is 56.9 Å². The van der Waals surface area contributed by atoms with Gasteiger partial charge >= 0.3 is 0 Å². The lowest BCUT2D eigenvalue weighted by Crippen LogP contribution is -2.48. The molecule has 2 aliphatic rings. The van der Waals surface area contributed by atoms with E-state index in [0.717, 1.165) is 49.4 Å². The van der Waals surface area contributed by atoms with Crippen molar-refractivity contribution in [2.75, 3.05) is 38.1 Å². The highest BCUT2D eigenvalue weighted by atomic mass is 32.2. The summed E-state index contributed by atoms with van der Waals surface area (Å²) in [6.07, 6.45) is 5.14. The van der Waals surface area contributed by atoms with Gasteiger partial charge in [0.25, 0.3) is 5.91 Å². The van der Waals surface area contributed by atoms with Crippen molar-refractivity contribution in [1.82, 2.24) is 14.2 Å². The summed E-state index contributed by atoms with van der Waals surface area (Å²) < 4.78 is 29.0. The number of amides is 1. The molecular weight excluding hydrogens is 492 g/mol. The minimum atomic E-state index is -3.56. The highest BCUT2D eigenvalue weighted by Gasteiger charge is 2.30. The van der Waals surface area contributed by atoms with Gasteiger partial charge in [0.15, 0.2) is 5.13 Å². The molecule has 2 heterocycles. The zero-order valence-electron chi connectivity index (χ0n) is 21.2. The Balaban J connectivity index is 1.23. The number of carbonyl (C=O) groups excluding carboxylic acids is 1. The molecule has 7 nitrogen and oxygen atoms in total. The molecule has 2 aromatic carbocycles. The van der Waals surface area contributed by atoms with Crippen LogP contribution in [0.3, 0.4) is 0 Å². The zero-order chi connectivity index (χ0) is 25.4. The number of hydrogen-bond donors (Lipinski definition) is 0. The molecule has 0 N–H and O–H groups in total. The maximum atomic E-state index is 13.1. The van der Waals surface area contributed by atoms with Crippen molar-refractivity contribution >= 4 is 42.6 Å². The van der Waals surface area contributed by atoms with E-state index in [2.05, 4.69) is 30.9 Å². The van der Waals surface area contributed by atoms with E-state index in [-0.39, 0.29) is 16.8 Å². The van der Waals surface area contributed by atoms with Crippen LogP contribution in [0.1, 0.15) is 53.6 Å². The van der Waals surface area contributed by atoms with E-state index in [1.807, 2.05) is 4.90 Å². The molecule has 1 saturated carbocycles. The summed E-state index contributed by atoms with van der Waals surface area (Å²) in [4.78, 5) is 22.3. The molecule has 2 fully saturated rings. The Morgan fingerprint density at radius 1 is 1.00 bits per heavy atom. The molecule has 3 aromatic rings. The van der Waals surface area contributed by atoms with E-state index in [9.17, 15) is 13.2 Å². The average Bonchev–Trinajstić information content (AvgIpc) is 3.33. The van der Waals surface area contributed by atoms with Gasteiger partial charge in [-0.25, -0.2) is 13.4 Å². The number of piperazine rings is 1. The summed E-state index contributed by atoms with van der Waals surface area (Å²) in [7, 11) is -1.89. The second-order valence-electron chi connectivity index (χ2n) is 10.0. The van der Waals surface area contributed by atoms with E-state index < -0.39 is 10.0 Å². The Hall–Kier alpha value is -2.49. The SMILES string of the molecule is Cc1cc(C)c2sc(N3CCN(C(=O)c4ccc(S(=O)(=O)N(C)C5CCCCC5)cc4)CC3)nc2c1. The fraction of sp³-hybridized carbons (Fsp3) is 0.481. The standard InChI is InChI=1S/C27H34N4O3S2/c1-19-17-20(2)25-24(18-19)28-27(35-25)31-15-13-30(14-16-31)26(32)21-9-11-23(12-10-21)36(33,34)29(3)22-7-5-4-6-8-22/h9-12,17-18,22H,4-8,13-16H2,1-3H3. The van der Waals surface area contributed by atoms with Crippen molar-refractivity contribution in [1.29, 1.82) is 0 Å². The summed E-state index contributed by atoms with van der Waals surface area (Å²) in [6.45, 7) is 6.88. The van der Waals surface area contributed by atoms with Gasteiger partial charge in [-0.05, 0) is 68.1 Å². The lowest BCUT2D eigenvalue weighted by Gasteiger charge is -2.34. The van der Waals surface area contributed by atoms with E-state index >= 15 is 0 Å². The lowest BCUT2D eigenvalue weighted by molar-refractivity contribution is 0.0746. The number of nitrogens with zero attached hydrogens (tertiary/aromatic N) is 4. The van der Waals surface area contributed by atoms with Crippen LogP contribution in [0.5, 0.6) is 0 Å². The molecular formula is C27H34N4O3S2. The van der Waals surface area contributed by atoms with Crippen LogP contribution < -0.4 is 4.90 Å². The van der Waals surface area contributed by atoms with Gasteiger partial charge in [-0.2, -0.15) is 4.31 Å². The number of hydrogen-bond acceptors (Lipinski definition) is 6. The van der Waals surface area contributed by atoms with Crippen LogP contribution in [-0.4, -0.2) is 67.8 Å². The van der Waals surface area contributed by atoms with Gasteiger partial charge < -0.3 is 9.80 Å². The average molecular weight is 527 g/mol. The van der Waals surface area contributed by atoms with Crippen molar-refractivity contribution in [2.24, 2.45) is 0 Å². The number of aromatic nitrogens is 1. The molecule has 1 saturated heterocycles. The van der Waals surface area contributed by atoms with Crippen LogP contribution in [0, 0.1) is 13.8 Å². The number of anilines is 1.